The molecular formula is C22H22N4O3. The van der Waals surface area contributed by atoms with Crippen molar-refractivity contribution in [2.45, 2.75) is 13.0 Å². The fourth-order valence-electron chi connectivity index (χ4n) is 3.42. The Morgan fingerprint density at radius 2 is 2.03 bits per heavy atom. The van der Waals surface area contributed by atoms with Crippen LogP contribution in [0.5, 0.6) is 0 Å². The third-order valence-corrected chi connectivity index (χ3v) is 4.84. The predicted octanol–water partition coefficient (Wildman–Crippen LogP) is 3.67. The number of carbonyl (C=O) groups excluding carboxylic acids is 1. The number of esters is 1. The molecule has 0 bridgehead atoms. The van der Waals surface area contributed by atoms with Gasteiger partial charge in [0.25, 0.3) is 0 Å². The molecule has 0 fully saturated rings. The second-order valence-electron chi connectivity index (χ2n) is 6.65. The molecule has 0 saturated carbocycles. The SMILES string of the molecule is CCOC(=O)c1ccc2c(c1)ncn2-c1cccc(C(OC)c2nccn2C)c1. The van der Waals surface area contributed by atoms with E-state index in [1.165, 1.54) is 0 Å². The van der Waals surface area contributed by atoms with Gasteiger partial charge in [-0.25, -0.2) is 14.8 Å². The predicted molar refractivity (Wildman–Crippen MR) is 109 cm³/mol. The number of fused-ring (bicyclic) bond motifs is 1. The lowest BCUT2D eigenvalue weighted by Crippen LogP contribution is -2.10. The Morgan fingerprint density at radius 3 is 2.76 bits per heavy atom. The summed E-state index contributed by atoms with van der Waals surface area (Å²) in [6.07, 6.45) is 5.13. The number of nitrogens with zero attached hydrogens (tertiary/aromatic N) is 4. The zero-order valence-corrected chi connectivity index (χ0v) is 16.6. The third-order valence-electron chi connectivity index (χ3n) is 4.84. The first-order chi connectivity index (χ1) is 14.1. The Hall–Kier alpha value is -3.45. The van der Waals surface area contributed by atoms with Crippen LogP contribution in [0.15, 0.2) is 61.2 Å². The highest BCUT2D eigenvalue weighted by Gasteiger charge is 2.18. The second-order valence-corrected chi connectivity index (χ2v) is 6.65. The summed E-state index contributed by atoms with van der Waals surface area (Å²) in [7, 11) is 3.62. The number of rotatable bonds is 6. The maximum atomic E-state index is 12.0. The average Bonchev–Trinajstić information content (AvgIpc) is 3.35. The second kappa shape index (κ2) is 7.89. The number of ether oxygens (including phenoxy) is 2. The Labute approximate surface area is 168 Å². The van der Waals surface area contributed by atoms with Gasteiger partial charge in [-0.15, -0.1) is 0 Å². The van der Waals surface area contributed by atoms with Crippen LogP contribution >= 0.6 is 0 Å². The molecule has 0 N–H and O–H groups in total. The van der Waals surface area contributed by atoms with E-state index in [2.05, 4.69) is 16.0 Å². The van der Waals surface area contributed by atoms with Gasteiger partial charge in [-0.3, -0.25) is 4.57 Å². The van der Waals surface area contributed by atoms with Crippen molar-refractivity contribution >= 4 is 17.0 Å². The largest absolute Gasteiger partial charge is 0.462 e. The van der Waals surface area contributed by atoms with E-state index in [9.17, 15) is 4.79 Å². The zero-order chi connectivity index (χ0) is 20.4. The number of aryl methyl sites for hydroxylation is 1. The van der Waals surface area contributed by atoms with E-state index in [0.29, 0.717) is 12.2 Å². The van der Waals surface area contributed by atoms with Gasteiger partial charge in [-0.05, 0) is 42.8 Å². The molecule has 148 valence electrons. The first kappa shape index (κ1) is 18.9. The Kier molecular flexibility index (Phi) is 5.14. The van der Waals surface area contributed by atoms with Gasteiger partial charge in [-0.2, -0.15) is 0 Å². The molecule has 1 atom stereocenters. The van der Waals surface area contributed by atoms with Crippen LogP contribution in [-0.4, -0.2) is 38.8 Å². The fourth-order valence-corrected chi connectivity index (χ4v) is 3.42. The summed E-state index contributed by atoms with van der Waals surface area (Å²) in [4.78, 5) is 20.9. The van der Waals surface area contributed by atoms with Gasteiger partial charge in [0.2, 0.25) is 0 Å². The van der Waals surface area contributed by atoms with E-state index in [1.54, 1.807) is 38.7 Å². The Morgan fingerprint density at radius 1 is 1.17 bits per heavy atom. The summed E-state index contributed by atoms with van der Waals surface area (Å²) in [5, 5.41) is 0. The van der Waals surface area contributed by atoms with Crippen LogP contribution in [0.3, 0.4) is 0 Å². The van der Waals surface area contributed by atoms with Crippen LogP contribution in [-0.2, 0) is 16.5 Å². The van der Waals surface area contributed by atoms with Crippen molar-refractivity contribution in [3.05, 3.63) is 78.1 Å². The van der Waals surface area contributed by atoms with Gasteiger partial charge in [0.05, 0.1) is 23.2 Å². The molecule has 4 aromatic rings. The minimum absolute atomic E-state index is 0.278. The van der Waals surface area contributed by atoms with Crippen LogP contribution < -0.4 is 0 Å². The lowest BCUT2D eigenvalue weighted by Gasteiger charge is -2.17. The minimum atomic E-state index is -0.344. The first-order valence-corrected chi connectivity index (χ1v) is 9.37. The van der Waals surface area contributed by atoms with Gasteiger partial charge in [0.15, 0.2) is 0 Å². The van der Waals surface area contributed by atoms with E-state index in [1.807, 2.05) is 46.6 Å². The molecular weight excluding hydrogens is 368 g/mol. The molecule has 2 aromatic carbocycles. The van der Waals surface area contributed by atoms with E-state index < -0.39 is 0 Å². The molecule has 2 aromatic heterocycles. The molecule has 0 saturated heterocycles. The van der Waals surface area contributed by atoms with E-state index in [-0.39, 0.29) is 12.1 Å². The molecule has 0 aliphatic carbocycles. The van der Waals surface area contributed by atoms with Gasteiger partial charge < -0.3 is 14.0 Å². The van der Waals surface area contributed by atoms with Crippen molar-refractivity contribution in [2.75, 3.05) is 13.7 Å². The van der Waals surface area contributed by atoms with Crippen molar-refractivity contribution in [3.8, 4) is 5.69 Å². The monoisotopic (exact) mass is 390 g/mol. The molecule has 7 nitrogen and oxygen atoms in total. The summed E-state index contributed by atoms with van der Waals surface area (Å²) in [6, 6.07) is 13.5. The maximum Gasteiger partial charge on any atom is 0.338 e. The first-order valence-electron chi connectivity index (χ1n) is 9.37. The molecule has 2 heterocycles. The normalized spacial score (nSPS) is 12.2. The molecule has 0 aliphatic heterocycles. The lowest BCUT2D eigenvalue weighted by atomic mass is 10.1. The molecule has 29 heavy (non-hydrogen) atoms. The van der Waals surface area contributed by atoms with Crippen molar-refractivity contribution in [1.29, 1.82) is 0 Å². The summed E-state index contributed by atoms with van der Waals surface area (Å²) < 4.78 is 14.7. The van der Waals surface area contributed by atoms with E-state index in [0.717, 1.165) is 28.1 Å². The summed E-state index contributed by atoms with van der Waals surface area (Å²) in [5.74, 6) is 0.489. The van der Waals surface area contributed by atoms with Crippen molar-refractivity contribution in [2.24, 2.45) is 7.05 Å². The van der Waals surface area contributed by atoms with Gasteiger partial charge >= 0.3 is 5.97 Å². The average molecular weight is 390 g/mol. The standard InChI is InChI=1S/C22H22N4O3/c1-4-29-22(27)16-8-9-19-18(13-16)24-14-26(19)17-7-5-6-15(12-17)20(28-3)21-23-10-11-25(21)2/h5-14,20H,4H2,1-3H3. The van der Waals surface area contributed by atoms with E-state index >= 15 is 0 Å². The van der Waals surface area contributed by atoms with Crippen LogP contribution in [0, 0.1) is 0 Å². The molecule has 0 aliphatic rings. The highest BCUT2D eigenvalue weighted by molar-refractivity contribution is 5.94. The van der Waals surface area contributed by atoms with Crippen LogP contribution in [0.25, 0.3) is 16.7 Å². The Bertz CT molecular complexity index is 1160. The van der Waals surface area contributed by atoms with Crippen molar-refractivity contribution < 1.29 is 14.3 Å². The molecule has 7 heteroatoms. The smallest absolute Gasteiger partial charge is 0.338 e. The topological polar surface area (TPSA) is 71.2 Å². The molecule has 0 amide bonds. The number of carbonyl (C=O) groups is 1. The number of hydrogen-bond donors (Lipinski definition) is 0. The maximum absolute atomic E-state index is 12.0. The summed E-state index contributed by atoms with van der Waals surface area (Å²) >= 11 is 0. The highest BCUT2D eigenvalue weighted by Crippen LogP contribution is 2.27. The molecule has 4 rings (SSSR count). The number of methoxy groups -OCH3 is 1. The van der Waals surface area contributed by atoms with Gasteiger partial charge in [0, 0.05) is 32.2 Å². The molecule has 1 unspecified atom stereocenters. The lowest BCUT2D eigenvalue weighted by molar-refractivity contribution is 0.0526. The van der Waals surface area contributed by atoms with Crippen LogP contribution in [0.4, 0.5) is 0 Å². The zero-order valence-electron chi connectivity index (χ0n) is 16.6. The van der Waals surface area contributed by atoms with Crippen molar-refractivity contribution in [3.63, 3.8) is 0 Å². The third kappa shape index (κ3) is 3.52. The highest BCUT2D eigenvalue weighted by atomic mass is 16.5. The van der Waals surface area contributed by atoms with Crippen molar-refractivity contribution in [1.82, 2.24) is 19.1 Å². The van der Waals surface area contributed by atoms with Gasteiger partial charge in [-0.1, -0.05) is 12.1 Å². The number of imidazole rings is 2. The molecule has 0 spiro atoms. The quantitative estimate of drug-likeness (QED) is 0.470. The number of benzene rings is 2. The minimum Gasteiger partial charge on any atom is -0.462 e. The number of hydrogen-bond acceptors (Lipinski definition) is 5. The van der Waals surface area contributed by atoms with Gasteiger partial charge in [0.1, 0.15) is 18.3 Å². The Balaban J connectivity index is 1.72. The molecule has 0 radical (unpaired) electrons. The van der Waals surface area contributed by atoms with Crippen LogP contribution in [0.2, 0.25) is 0 Å². The number of aromatic nitrogens is 4. The summed E-state index contributed by atoms with van der Waals surface area (Å²) in [5.41, 5.74) is 4.07. The summed E-state index contributed by atoms with van der Waals surface area (Å²) in [6.45, 7) is 2.13. The fraction of sp³-hybridized carbons (Fsp3) is 0.227. The van der Waals surface area contributed by atoms with Crippen LogP contribution in [0.1, 0.15) is 34.8 Å². The van der Waals surface area contributed by atoms with E-state index in [4.69, 9.17) is 9.47 Å².